The van der Waals surface area contributed by atoms with Gasteiger partial charge in [0.25, 0.3) is 5.91 Å². The highest BCUT2D eigenvalue weighted by Gasteiger charge is 2.35. The Morgan fingerprint density at radius 3 is 2.91 bits per heavy atom. The smallest absolute Gasteiger partial charge is 0.312 e. The molecule has 2 N–H and O–H groups in total. The van der Waals surface area contributed by atoms with Gasteiger partial charge in [0.15, 0.2) is 6.04 Å². The van der Waals surface area contributed by atoms with Crippen LogP contribution in [0.15, 0.2) is 36.4 Å². The molecule has 0 aliphatic carbocycles. The Balaban J connectivity index is 1.95. The van der Waals surface area contributed by atoms with Crippen molar-refractivity contribution >= 4 is 18.0 Å². The van der Waals surface area contributed by atoms with Crippen molar-refractivity contribution in [3.05, 3.63) is 42.0 Å². The Bertz CT molecular complexity index is 528. The predicted octanol–water partition coefficient (Wildman–Crippen LogP) is 0.0363. The van der Waals surface area contributed by atoms with Crippen LogP contribution in [0.3, 0.4) is 0 Å². The lowest BCUT2D eigenvalue weighted by atomic mass is 10.1. The van der Waals surface area contributed by atoms with E-state index in [4.69, 9.17) is 4.74 Å². The molecular weight excluding hydrogens is 280 g/mol. The lowest BCUT2D eigenvalue weighted by molar-refractivity contribution is -0.911. The van der Waals surface area contributed by atoms with Gasteiger partial charge < -0.3 is 15.0 Å². The van der Waals surface area contributed by atoms with Gasteiger partial charge >= 0.3 is 5.97 Å². The fourth-order valence-electron chi connectivity index (χ4n) is 2.61. The van der Waals surface area contributed by atoms with E-state index in [0.717, 1.165) is 17.0 Å². The molecule has 1 amide bonds. The zero-order valence-corrected chi connectivity index (χ0v) is 12.9. The highest BCUT2D eigenvalue weighted by Crippen LogP contribution is 2.00. The van der Waals surface area contributed by atoms with Crippen LogP contribution in [0.2, 0.25) is 0 Å². The normalized spacial score (nSPS) is 21.6. The fourth-order valence-corrected chi connectivity index (χ4v) is 2.61. The van der Waals surface area contributed by atoms with Crippen LogP contribution >= 0.6 is 0 Å². The van der Waals surface area contributed by atoms with E-state index in [1.54, 1.807) is 6.92 Å². The van der Waals surface area contributed by atoms with Crippen LogP contribution in [0.1, 0.15) is 18.9 Å². The summed E-state index contributed by atoms with van der Waals surface area (Å²) in [6, 6.07) is 9.66. The summed E-state index contributed by atoms with van der Waals surface area (Å²) in [5, 5.41) is 2.83. The number of esters is 1. The minimum absolute atomic E-state index is 0.0672. The van der Waals surface area contributed by atoms with E-state index in [0.29, 0.717) is 19.7 Å². The number of amides is 1. The molecule has 1 unspecified atom stereocenters. The second-order valence-electron chi connectivity index (χ2n) is 5.28. The van der Waals surface area contributed by atoms with Crippen LogP contribution in [0, 0.1) is 0 Å². The maximum Gasteiger partial charge on any atom is 0.312 e. The maximum absolute atomic E-state index is 12.0. The molecule has 1 aromatic carbocycles. The minimum atomic E-state index is -0.367. The predicted molar refractivity (Wildman–Crippen MR) is 84.2 cm³/mol. The number of rotatable bonds is 6. The molecule has 0 spiro atoms. The molecule has 0 aromatic heterocycles. The molecule has 22 heavy (non-hydrogen) atoms. The van der Waals surface area contributed by atoms with Gasteiger partial charge in [-0.25, -0.2) is 0 Å². The Morgan fingerprint density at radius 2 is 2.18 bits per heavy atom. The van der Waals surface area contributed by atoms with E-state index in [1.807, 2.05) is 36.4 Å². The Morgan fingerprint density at radius 1 is 1.41 bits per heavy atom. The second kappa shape index (κ2) is 8.34. The largest absolute Gasteiger partial charge is 0.466 e. The molecule has 0 bridgehead atoms. The standard InChI is InChI=1S/C17H22N2O3/c1-2-22-16(20)13-15-17(21)18-10-12-19(15)11-6-9-14-7-4-3-5-8-14/h3-9,15H,2,10-13H2,1H3,(H,18,21)/p+1/b9-6+/t15-/m1/s1. The molecule has 1 aliphatic heterocycles. The average Bonchev–Trinajstić information content (AvgIpc) is 2.52. The molecule has 1 fully saturated rings. The van der Waals surface area contributed by atoms with Gasteiger partial charge in [0.1, 0.15) is 6.42 Å². The summed E-state index contributed by atoms with van der Waals surface area (Å²) in [7, 11) is 0. The summed E-state index contributed by atoms with van der Waals surface area (Å²) >= 11 is 0. The molecule has 1 saturated heterocycles. The molecule has 118 valence electrons. The number of carbonyl (C=O) groups excluding carboxylic acids is 2. The van der Waals surface area contributed by atoms with Gasteiger partial charge in [-0.1, -0.05) is 36.4 Å². The molecular formula is C17H23N2O3+. The topological polar surface area (TPSA) is 59.8 Å². The summed E-state index contributed by atoms with van der Waals surface area (Å²) in [5.41, 5.74) is 1.13. The average molecular weight is 303 g/mol. The van der Waals surface area contributed by atoms with Gasteiger partial charge in [-0.15, -0.1) is 0 Å². The van der Waals surface area contributed by atoms with Crippen molar-refractivity contribution in [3.63, 3.8) is 0 Å². The highest BCUT2D eigenvalue weighted by molar-refractivity contribution is 5.85. The van der Waals surface area contributed by atoms with E-state index in [1.165, 1.54) is 0 Å². The first-order valence-electron chi connectivity index (χ1n) is 7.70. The number of hydrogen-bond acceptors (Lipinski definition) is 3. The first-order valence-corrected chi connectivity index (χ1v) is 7.70. The van der Waals surface area contributed by atoms with E-state index >= 15 is 0 Å². The lowest BCUT2D eigenvalue weighted by Gasteiger charge is -2.30. The third kappa shape index (κ3) is 4.70. The molecule has 0 radical (unpaired) electrons. The molecule has 1 aliphatic rings. The molecule has 1 heterocycles. The van der Waals surface area contributed by atoms with Gasteiger partial charge in [0.2, 0.25) is 0 Å². The van der Waals surface area contributed by atoms with E-state index in [2.05, 4.69) is 11.4 Å². The quantitative estimate of drug-likeness (QED) is 0.729. The lowest BCUT2D eigenvalue weighted by Crippen LogP contribution is -3.19. The number of nitrogens with one attached hydrogen (secondary N) is 2. The van der Waals surface area contributed by atoms with Crippen LogP contribution < -0.4 is 10.2 Å². The Kier molecular flexibility index (Phi) is 6.15. The zero-order chi connectivity index (χ0) is 15.8. The van der Waals surface area contributed by atoms with E-state index < -0.39 is 0 Å². The summed E-state index contributed by atoms with van der Waals surface area (Å²) in [4.78, 5) is 24.8. The molecule has 2 atom stereocenters. The van der Waals surface area contributed by atoms with Gasteiger partial charge in [-0.2, -0.15) is 0 Å². The van der Waals surface area contributed by atoms with Gasteiger partial charge in [0.05, 0.1) is 26.2 Å². The van der Waals surface area contributed by atoms with Crippen LogP contribution in [0.25, 0.3) is 6.08 Å². The van der Waals surface area contributed by atoms with Crippen LogP contribution in [-0.4, -0.2) is 44.2 Å². The third-order valence-corrected chi connectivity index (χ3v) is 3.72. The summed E-state index contributed by atoms with van der Waals surface area (Å²) in [6.45, 7) is 4.29. The van der Waals surface area contributed by atoms with Crippen molar-refractivity contribution < 1.29 is 19.2 Å². The molecule has 1 aromatic rings. The highest BCUT2D eigenvalue weighted by atomic mass is 16.5. The zero-order valence-electron chi connectivity index (χ0n) is 12.9. The number of quaternary nitrogens is 1. The third-order valence-electron chi connectivity index (χ3n) is 3.72. The van der Waals surface area contributed by atoms with Crippen LogP contribution in [0.4, 0.5) is 0 Å². The van der Waals surface area contributed by atoms with Crippen molar-refractivity contribution in [1.29, 1.82) is 0 Å². The Hall–Kier alpha value is -2.14. The van der Waals surface area contributed by atoms with E-state index in [-0.39, 0.29) is 24.3 Å². The fraction of sp³-hybridized carbons (Fsp3) is 0.412. The summed E-state index contributed by atoms with van der Waals surface area (Å²) < 4.78 is 4.96. The minimum Gasteiger partial charge on any atom is -0.466 e. The van der Waals surface area contributed by atoms with Crippen molar-refractivity contribution in [2.75, 3.05) is 26.2 Å². The summed E-state index contributed by atoms with van der Waals surface area (Å²) in [5.74, 6) is -0.378. The number of hydrogen-bond donors (Lipinski definition) is 2. The maximum atomic E-state index is 12.0. The number of benzene rings is 1. The number of carbonyl (C=O) groups is 2. The molecule has 5 nitrogen and oxygen atoms in total. The monoisotopic (exact) mass is 303 g/mol. The Labute approximate surface area is 130 Å². The second-order valence-corrected chi connectivity index (χ2v) is 5.28. The molecule has 5 heteroatoms. The number of ether oxygens (including phenoxy) is 1. The van der Waals surface area contributed by atoms with Crippen molar-refractivity contribution in [3.8, 4) is 0 Å². The van der Waals surface area contributed by atoms with Gasteiger partial charge in [-0.3, -0.25) is 9.59 Å². The number of piperazine rings is 1. The van der Waals surface area contributed by atoms with Crippen molar-refractivity contribution in [1.82, 2.24) is 5.32 Å². The van der Waals surface area contributed by atoms with Crippen molar-refractivity contribution in [2.24, 2.45) is 0 Å². The summed E-state index contributed by atoms with van der Waals surface area (Å²) in [6.07, 6.45) is 4.23. The molecule has 0 saturated carbocycles. The first-order chi connectivity index (χ1) is 10.7. The van der Waals surface area contributed by atoms with Gasteiger partial charge in [-0.05, 0) is 18.6 Å². The SMILES string of the molecule is CCOC(=O)C[C@@H]1C(=O)NCC[NH+]1C/C=C/c1ccccc1. The first kappa shape index (κ1) is 16.2. The molecule has 2 rings (SSSR count). The van der Waals surface area contributed by atoms with Crippen LogP contribution in [-0.2, 0) is 14.3 Å². The van der Waals surface area contributed by atoms with Crippen molar-refractivity contribution in [2.45, 2.75) is 19.4 Å². The van der Waals surface area contributed by atoms with Gasteiger partial charge in [0, 0.05) is 0 Å². The van der Waals surface area contributed by atoms with E-state index in [9.17, 15) is 9.59 Å². The van der Waals surface area contributed by atoms with Crippen LogP contribution in [0.5, 0.6) is 0 Å².